The van der Waals surface area contributed by atoms with Crippen molar-refractivity contribution in [3.63, 3.8) is 0 Å². The zero-order chi connectivity index (χ0) is 23.5. The molecule has 3 N–H and O–H groups in total. The maximum absolute atomic E-state index is 12.6. The summed E-state index contributed by atoms with van der Waals surface area (Å²) in [6.45, 7) is 3.74. The number of methoxy groups -OCH3 is 1. The fourth-order valence-corrected chi connectivity index (χ4v) is 4.86. The molecule has 0 atom stereocenters. The molecule has 1 amide bonds. The molecule has 0 spiro atoms. The van der Waals surface area contributed by atoms with Gasteiger partial charge in [-0.25, -0.2) is 4.79 Å². The fourth-order valence-electron chi connectivity index (χ4n) is 3.58. The van der Waals surface area contributed by atoms with Gasteiger partial charge in [-0.1, -0.05) is 48.5 Å². The lowest BCUT2D eigenvalue weighted by Gasteiger charge is -2.12. The van der Waals surface area contributed by atoms with Gasteiger partial charge in [-0.2, -0.15) is 0 Å². The van der Waals surface area contributed by atoms with Crippen molar-refractivity contribution in [3.05, 3.63) is 76.4 Å². The molecule has 0 bridgehead atoms. The molecular weight excluding hydrogens is 458 g/mol. The number of ether oxygens (including phenoxy) is 1. The van der Waals surface area contributed by atoms with Crippen LogP contribution in [0.15, 0.2) is 59.0 Å². The van der Waals surface area contributed by atoms with Crippen LogP contribution in [-0.2, 0) is 4.74 Å². The van der Waals surface area contributed by atoms with Gasteiger partial charge in [0.15, 0.2) is 10.9 Å². The largest absolute Gasteiger partial charge is 0.465 e. The molecule has 0 aliphatic heterocycles. The van der Waals surface area contributed by atoms with E-state index in [0.29, 0.717) is 16.1 Å². The number of carbonyl (C=O) groups excluding carboxylic acids is 2. The summed E-state index contributed by atoms with van der Waals surface area (Å²) < 4.78 is 10.7. The second-order valence-corrected chi connectivity index (χ2v) is 8.81. The normalized spacial score (nSPS) is 10.6. The second-order valence-electron chi connectivity index (χ2n) is 7.18. The van der Waals surface area contributed by atoms with E-state index >= 15 is 0 Å². The monoisotopic (exact) mass is 479 g/mol. The first-order chi connectivity index (χ1) is 15.9. The van der Waals surface area contributed by atoms with Crippen LogP contribution in [0.4, 0.5) is 5.00 Å². The van der Waals surface area contributed by atoms with Crippen molar-refractivity contribution >= 4 is 56.5 Å². The van der Waals surface area contributed by atoms with Gasteiger partial charge in [0.1, 0.15) is 16.1 Å². The minimum atomic E-state index is -0.481. The standard InChI is InChI=1S/C24H21N3O4S2/c1-13-16-11-7-8-12-17(16)31-20(13)21(28)26-27-24(32)25-22-19(23(29)30-3)18(14(2)33-22)15-9-5-4-6-10-15/h4-12H,1-3H3,(H,26,28)(H2,25,27,32). The molecule has 0 saturated heterocycles. The number of fused-ring (bicyclic) bond motifs is 1. The van der Waals surface area contributed by atoms with Crippen molar-refractivity contribution in [1.82, 2.24) is 10.9 Å². The van der Waals surface area contributed by atoms with Crippen LogP contribution in [0.5, 0.6) is 0 Å². The average Bonchev–Trinajstić information content (AvgIpc) is 3.34. The van der Waals surface area contributed by atoms with E-state index in [0.717, 1.165) is 27.0 Å². The van der Waals surface area contributed by atoms with Gasteiger partial charge in [-0.05, 0) is 37.7 Å². The van der Waals surface area contributed by atoms with Crippen molar-refractivity contribution < 1.29 is 18.7 Å². The summed E-state index contributed by atoms with van der Waals surface area (Å²) in [6, 6.07) is 17.0. The number of furan rings is 1. The third kappa shape index (κ3) is 4.46. The molecule has 7 nitrogen and oxygen atoms in total. The number of thiophene rings is 1. The summed E-state index contributed by atoms with van der Waals surface area (Å²) >= 11 is 6.71. The van der Waals surface area contributed by atoms with Crippen molar-refractivity contribution in [3.8, 4) is 11.1 Å². The lowest BCUT2D eigenvalue weighted by molar-refractivity contribution is 0.0603. The van der Waals surface area contributed by atoms with Gasteiger partial charge >= 0.3 is 11.9 Å². The van der Waals surface area contributed by atoms with E-state index in [1.807, 2.05) is 62.4 Å². The lowest BCUT2D eigenvalue weighted by atomic mass is 10.0. The Bertz CT molecular complexity index is 1360. The molecule has 4 rings (SSSR count). The molecule has 0 aliphatic rings. The molecule has 0 radical (unpaired) electrons. The zero-order valence-electron chi connectivity index (χ0n) is 18.1. The molecule has 2 aromatic carbocycles. The molecule has 2 aromatic heterocycles. The molecule has 0 aliphatic carbocycles. The molecule has 0 saturated carbocycles. The molecule has 0 unspecified atom stereocenters. The average molecular weight is 480 g/mol. The van der Waals surface area contributed by atoms with Crippen LogP contribution in [0.1, 0.15) is 31.4 Å². The highest BCUT2D eigenvalue weighted by molar-refractivity contribution is 7.80. The van der Waals surface area contributed by atoms with Crippen LogP contribution in [-0.4, -0.2) is 24.1 Å². The predicted molar refractivity (Wildman–Crippen MR) is 134 cm³/mol. The Morgan fingerprint density at radius 1 is 1.00 bits per heavy atom. The summed E-state index contributed by atoms with van der Waals surface area (Å²) in [5.41, 5.74) is 8.63. The van der Waals surface area contributed by atoms with Crippen molar-refractivity contribution in [2.75, 3.05) is 12.4 Å². The van der Waals surface area contributed by atoms with Crippen molar-refractivity contribution in [2.24, 2.45) is 0 Å². The number of benzene rings is 2. The second kappa shape index (κ2) is 9.43. The van der Waals surface area contributed by atoms with Gasteiger partial charge in [0.05, 0.1) is 7.11 Å². The first kappa shape index (κ1) is 22.5. The maximum Gasteiger partial charge on any atom is 0.341 e. The van der Waals surface area contributed by atoms with Gasteiger partial charge in [0.2, 0.25) is 0 Å². The minimum absolute atomic E-state index is 0.114. The molecular formula is C24H21N3O4S2. The smallest absolute Gasteiger partial charge is 0.341 e. The number of hydrazine groups is 1. The number of hydrogen-bond donors (Lipinski definition) is 3. The Morgan fingerprint density at radius 2 is 1.70 bits per heavy atom. The molecule has 33 heavy (non-hydrogen) atoms. The van der Waals surface area contributed by atoms with Crippen LogP contribution in [0.25, 0.3) is 22.1 Å². The Balaban J connectivity index is 1.52. The third-order valence-corrected chi connectivity index (χ3v) is 6.33. The zero-order valence-corrected chi connectivity index (χ0v) is 19.8. The van der Waals surface area contributed by atoms with Crippen molar-refractivity contribution in [1.29, 1.82) is 0 Å². The van der Waals surface area contributed by atoms with Crippen LogP contribution in [0.2, 0.25) is 0 Å². The fraction of sp³-hybridized carbons (Fsp3) is 0.125. The molecule has 9 heteroatoms. The summed E-state index contributed by atoms with van der Waals surface area (Å²) in [5.74, 6) is -0.751. The van der Waals surface area contributed by atoms with E-state index in [2.05, 4.69) is 16.2 Å². The van der Waals surface area contributed by atoms with Crippen LogP contribution >= 0.6 is 23.6 Å². The predicted octanol–water partition coefficient (Wildman–Crippen LogP) is 5.20. The molecule has 2 heterocycles. The van der Waals surface area contributed by atoms with Gasteiger partial charge in [-0.3, -0.25) is 15.6 Å². The Labute approximate surface area is 199 Å². The number of rotatable bonds is 4. The molecule has 4 aromatic rings. The number of esters is 1. The Hall–Kier alpha value is -3.69. The quantitative estimate of drug-likeness (QED) is 0.211. The van der Waals surface area contributed by atoms with E-state index in [9.17, 15) is 9.59 Å². The lowest BCUT2D eigenvalue weighted by Crippen LogP contribution is -2.43. The number of amides is 1. The number of thiocarbonyl (C=S) groups is 1. The number of nitrogens with one attached hydrogen (secondary N) is 3. The summed E-state index contributed by atoms with van der Waals surface area (Å²) in [4.78, 5) is 26.2. The van der Waals surface area contributed by atoms with Crippen LogP contribution in [0, 0.1) is 13.8 Å². The Morgan fingerprint density at radius 3 is 2.39 bits per heavy atom. The maximum atomic E-state index is 12.6. The van der Waals surface area contributed by atoms with Crippen molar-refractivity contribution in [2.45, 2.75) is 13.8 Å². The third-order valence-electron chi connectivity index (χ3n) is 5.10. The number of hydrogen-bond acceptors (Lipinski definition) is 6. The first-order valence-electron chi connectivity index (χ1n) is 10.0. The number of para-hydroxylation sites is 1. The van der Waals surface area contributed by atoms with E-state index in [4.69, 9.17) is 21.4 Å². The van der Waals surface area contributed by atoms with Gasteiger partial charge in [-0.15, -0.1) is 11.3 Å². The summed E-state index contributed by atoms with van der Waals surface area (Å²) in [6.07, 6.45) is 0. The summed E-state index contributed by atoms with van der Waals surface area (Å²) in [5, 5.41) is 4.50. The topological polar surface area (TPSA) is 92.6 Å². The van der Waals surface area contributed by atoms with E-state index in [1.165, 1.54) is 18.4 Å². The highest BCUT2D eigenvalue weighted by atomic mass is 32.1. The number of carbonyl (C=O) groups is 2. The van der Waals surface area contributed by atoms with Crippen LogP contribution in [0.3, 0.4) is 0 Å². The van der Waals surface area contributed by atoms with E-state index in [-0.39, 0.29) is 10.9 Å². The first-order valence-corrected chi connectivity index (χ1v) is 11.3. The molecule has 0 fully saturated rings. The SMILES string of the molecule is COC(=O)c1c(NC(=S)NNC(=O)c2oc3ccccc3c2C)sc(C)c1-c1ccccc1. The number of anilines is 1. The van der Waals surface area contributed by atoms with Crippen LogP contribution < -0.4 is 16.2 Å². The van der Waals surface area contributed by atoms with E-state index < -0.39 is 11.9 Å². The number of aryl methyl sites for hydroxylation is 2. The summed E-state index contributed by atoms with van der Waals surface area (Å²) in [7, 11) is 1.33. The van der Waals surface area contributed by atoms with E-state index in [1.54, 1.807) is 6.07 Å². The highest BCUT2D eigenvalue weighted by Gasteiger charge is 2.25. The van der Waals surface area contributed by atoms with Gasteiger partial charge in [0.25, 0.3) is 0 Å². The molecule has 168 valence electrons. The Kier molecular flexibility index (Phi) is 6.43. The highest BCUT2D eigenvalue weighted by Crippen LogP contribution is 2.40. The van der Waals surface area contributed by atoms with Gasteiger partial charge < -0.3 is 14.5 Å². The van der Waals surface area contributed by atoms with Gasteiger partial charge in [0, 0.05) is 21.4 Å². The minimum Gasteiger partial charge on any atom is -0.465 e.